The number of carbonyl (C=O) groups is 1. The molecule has 2 aromatic carbocycles. The van der Waals surface area contributed by atoms with Gasteiger partial charge in [-0.2, -0.15) is 0 Å². The van der Waals surface area contributed by atoms with Crippen LogP contribution in [0.2, 0.25) is 0 Å². The van der Waals surface area contributed by atoms with Gasteiger partial charge < -0.3 is 15.0 Å². The van der Waals surface area contributed by atoms with E-state index in [1.165, 1.54) is 18.2 Å². The van der Waals surface area contributed by atoms with Crippen LogP contribution in [0.4, 0.5) is 15.8 Å². The van der Waals surface area contributed by atoms with Crippen molar-refractivity contribution in [1.29, 1.82) is 0 Å². The van der Waals surface area contributed by atoms with Crippen molar-refractivity contribution < 1.29 is 22.3 Å². The minimum Gasteiger partial charge on any atom is -0.378 e. The molecule has 1 fully saturated rings. The number of amides is 1. The predicted molar refractivity (Wildman–Crippen MR) is 106 cm³/mol. The van der Waals surface area contributed by atoms with E-state index in [4.69, 9.17) is 4.74 Å². The topological polar surface area (TPSA) is 75.7 Å². The number of halogens is 1. The number of ether oxygens (including phenoxy) is 1. The first-order chi connectivity index (χ1) is 13.4. The standard InChI is InChI=1S/C20H23FN2O4S/c1-2-13-28(25,26)19-6-4-3-5-16(19)20(24)22-15-7-8-18(17(21)14-15)23-9-11-27-12-10-23/h3-8,14H,2,9-13H2,1H3,(H,22,24). The van der Waals surface area contributed by atoms with Gasteiger partial charge in [0.25, 0.3) is 5.91 Å². The highest BCUT2D eigenvalue weighted by atomic mass is 32.2. The lowest BCUT2D eigenvalue weighted by Gasteiger charge is -2.29. The van der Waals surface area contributed by atoms with E-state index in [1.807, 2.05) is 4.90 Å². The van der Waals surface area contributed by atoms with Crippen LogP contribution in [-0.4, -0.2) is 46.4 Å². The molecule has 28 heavy (non-hydrogen) atoms. The van der Waals surface area contributed by atoms with Gasteiger partial charge in [-0.15, -0.1) is 0 Å². The van der Waals surface area contributed by atoms with E-state index in [1.54, 1.807) is 31.2 Å². The summed E-state index contributed by atoms with van der Waals surface area (Å²) >= 11 is 0. The average Bonchev–Trinajstić information content (AvgIpc) is 2.69. The lowest BCUT2D eigenvalue weighted by atomic mass is 10.2. The van der Waals surface area contributed by atoms with Crippen LogP contribution in [-0.2, 0) is 14.6 Å². The van der Waals surface area contributed by atoms with Crippen LogP contribution in [0, 0.1) is 5.82 Å². The maximum absolute atomic E-state index is 14.5. The van der Waals surface area contributed by atoms with Crippen molar-refractivity contribution in [1.82, 2.24) is 0 Å². The Morgan fingerprint density at radius 2 is 1.89 bits per heavy atom. The molecular weight excluding hydrogens is 383 g/mol. The van der Waals surface area contributed by atoms with E-state index >= 15 is 0 Å². The highest BCUT2D eigenvalue weighted by molar-refractivity contribution is 7.91. The summed E-state index contributed by atoms with van der Waals surface area (Å²) < 4.78 is 44.7. The van der Waals surface area contributed by atoms with Gasteiger partial charge in [-0.05, 0) is 36.8 Å². The molecule has 150 valence electrons. The molecular formula is C20H23FN2O4S. The number of rotatable bonds is 6. The van der Waals surface area contributed by atoms with Crippen molar-refractivity contribution in [3.8, 4) is 0 Å². The molecule has 1 aliphatic heterocycles. The van der Waals surface area contributed by atoms with Gasteiger partial charge in [-0.1, -0.05) is 19.1 Å². The fraction of sp³-hybridized carbons (Fsp3) is 0.350. The van der Waals surface area contributed by atoms with Crippen molar-refractivity contribution in [2.24, 2.45) is 0 Å². The van der Waals surface area contributed by atoms with Crippen molar-refractivity contribution in [3.63, 3.8) is 0 Å². The highest BCUT2D eigenvalue weighted by Gasteiger charge is 2.22. The second-order valence-corrected chi connectivity index (χ2v) is 8.61. The van der Waals surface area contributed by atoms with Gasteiger partial charge in [-0.25, -0.2) is 12.8 Å². The maximum Gasteiger partial charge on any atom is 0.256 e. The zero-order valence-electron chi connectivity index (χ0n) is 15.7. The minimum absolute atomic E-state index is 0.0141. The summed E-state index contributed by atoms with van der Waals surface area (Å²) in [6, 6.07) is 10.5. The van der Waals surface area contributed by atoms with Crippen molar-refractivity contribution in [2.45, 2.75) is 18.2 Å². The molecule has 0 aliphatic carbocycles. The number of carbonyl (C=O) groups excluding carboxylic acids is 1. The van der Waals surface area contributed by atoms with E-state index in [9.17, 15) is 17.6 Å². The molecule has 0 aromatic heterocycles. The van der Waals surface area contributed by atoms with Crippen molar-refractivity contribution in [2.75, 3.05) is 42.3 Å². The number of sulfone groups is 1. The summed E-state index contributed by atoms with van der Waals surface area (Å²) in [6.45, 7) is 4.05. The number of hydrogen-bond donors (Lipinski definition) is 1. The molecule has 0 unspecified atom stereocenters. The largest absolute Gasteiger partial charge is 0.378 e. The second-order valence-electron chi connectivity index (χ2n) is 6.53. The molecule has 0 atom stereocenters. The quantitative estimate of drug-likeness (QED) is 0.798. The molecule has 0 saturated carbocycles. The third-order valence-corrected chi connectivity index (χ3v) is 6.47. The Morgan fingerprint density at radius 3 is 2.57 bits per heavy atom. The molecule has 1 heterocycles. The summed E-state index contributed by atoms with van der Waals surface area (Å²) in [5.41, 5.74) is 0.767. The Labute approximate surface area is 164 Å². The highest BCUT2D eigenvalue weighted by Crippen LogP contribution is 2.25. The van der Waals surface area contributed by atoms with Gasteiger partial charge in [0.2, 0.25) is 0 Å². The Bertz CT molecular complexity index is 956. The number of anilines is 2. The molecule has 1 saturated heterocycles. The number of morpholine rings is 1. The Hall–Kier alpha value is -2.45. The van der Waals surface area contributed by atoms with Crippen molar-refractivity contribution >= 4 is 27.1 Å². The van der Waals surface area contributed by atoms with E-state index in [2.05, 4.69) is 5.32 Å². The van der Waals surface area contributed by atoms with Crippen LogP contribution in [0.5, 0.6) is 0 Å². The Kier molecular flexibility index (Phi) is 6.31. The number of nitrogens with zero attached hydrogens (tertiary/aromatic N) is 1. The van der Waals surface area contributed by atoms with Crippen LogP contribution in [0.15, 0.2) is 47.4 Å². The Balaban J connectivity index is 1.81. The molecule has 0 radical (unpaired) electrons. The number of benzene rings is 2. The first kappa shape index (κ1) is 20.3. The third-order valence-electron chi connectivity index (χ3n) is 4.50. The molecule has 1 N–H and O–H groups in total. The monoisotopic (exact) mass is 406 g/mol. The maximum atomic E-state index is 14.5. The van der Waals surface area contributed by atoms with E-state index < -0.39 is 21.6 Å². The van der Waals surface area contributed by atoms with Gasteiger partial charge in [0.1, 0.15) is 5.82 Å². The fourth-order valence-electron chi connectivity index (χ4n) is 3.15. The van der Waals surface area contributed by atoms with Gasteiger partial charge in [0, 0.05) is 18.8 Å². The molecule has 1 amide bonds. The van der Waals surface area contributed by atoms with Gasteiger partial charge in [-0.3, -0.25) is 4.79 Å². The summed E-state index contributed by atoms with van der Waals surface area (Å²) in [5, 5.41) is 2.60. The van der Waals surface area contributed by atoms with Crippen LogP contribution in [0.3, 0.4) is 0 Å². The van der Waals surface area contributed by atoms with Gasteiger partial charge in [0.15, 0.2) is 9.84 Å². The zero-order chi connectivity index (χ0) is 20.1. The molecule has 6 nitrogen and oxygen atoms in total. The SMILES string of the molecule is CCCS(=O)(=O)c1ccccc1C(=O)Nc1ccc(N2CCOCC2)c(F)c1. The van der Waals surface area contributed by atoms with E-state index in [0.717, 1.165) is 0 Å². The van der Waals surface area contributed by atoms with Crippen LogP contribution in [0.25, 0.3) is 0 Å². The molecule has 3 rings (SSSR count). The average molecular weight is 406 g/mol. The second kappa shape index (κ2) is 8.70. The summed E-state index contributed by atoms with van der Waals surface area (Å²) in [6.07, 6.45) is 0.451. The first-order valence-corrected chi connectivity index (χ1v) is 10.8. The van der Waals surface area contributed by atoms with E-state index in [0.29, 0.717) is 38.4 Å². The summed E-state index contributed by atoms with van der Waals surface area (Å²) in [7, 11) is -3.56. The lowest BCUT2D eigenvalue weighted by Crippen LogP contribution is -2.36. The zero-order valence-corrected chi connectivity index (χ0v) is 16.5. The van der Waals surface area contributed by atoms with Crippen LogP contribution < -0.4 is 10.2 Å². The number of nitrogens with one attached hydrogen (secondary N) is 1. The molecule has 8 heteroatoms. The summed E-state index contributed by atoms with van der Waals surface area (Å²) in [5.74, 6) is -1.08. The third kappa shape index (κ3) is 4.51. The van der Waals surface area contributed by atoms with Crippen LogP contribution >= 0.6 is 0 Å². The van der Waals surface area contributed by atoms with Gasteiger partial charge >= 0.3 is 0 Å². The number of hydrogen-bond acceptors (Lipinski definition) is 5. The lowest BCUT2D eigenvalue weighted by molar-refractivity contribution is 0.102. The molecule has 1 aliphatic rings. The molecule has 0 bridgehead atoms. The molecule has 0 spiro atoms. The first-order valence-electron chi connectivity index (χ1n) is 9.18. The van der Waals surface area contributed by atoms with Gasteiger partial charge in [0.05, 0.1) is 35.1 Å². The van der Waals surface area contributed by atoms with E-state index in [-0.39, 0.29) is 21.9 Å². The smallest absolute Gasteiger partial charge is 0.256 e. The summed E-state index contributed by atoms with van der Waals surface area (Å²) in [4.78, 5) is 14.5. The van der Waals surface area contributed by atoms with Crippen molar-refractivity contribution in [3.05, 3.63) is 53.8 Å². The normalized spacial score (nSPS) is 14.7. The predicted octanol–water partition coefficient (Wildman–Crippen LogP) is 3.10. The Morgan fingerprint density at radius 1 is 1.18 bits per heavy atom. The molecule has 2 aromatic rings. The minimum atomic E-state index is -3.56. The fourth-order valence-corrected chi connectivity index (χ4v) is 4.69. The van der Waals surface area contributed by atoms with Crippen LogP contribution in [0.1, 0.15) is 23.7 Å².